The maximum atomic E-state index is 11.8. The molecule has 5 nitrogen and oxygen atoms in total. The van der Waals surface area contributed by atoms with Crippen LogP contribution in [0.4, 0.5) is 0 Å². The third kappa shape index (κ3) is 5.19. The highest BCUT2D eigenvalue weighted by atomic mass is 16.5. The van der Waals surface area contributed by atoms with E-state index in [-0.39, 0.29) is 11.9 Å². The normalized spacial score (nSPS) is 12.0. The van der Waals surface area contributed by atoms with Gasteiger partial charge in [-0.05, 0) is 19.9 Å². The average molecular weight is 280 g/mol. The van der Waals surface area contributed by atoms with Crippen LogP contribution < -0.4 is 15.4 Å². The van der Waals surface area contributed by atoms with Crippen molar-refractivity contribution in [1.82, 2.24) is 10.6 Å². The van der Waals surface area contributed by atoms with Crippen molar-refractivity contribution in [2.24, 2.45) is 0 Å². The highest BCUT2D eigenvalue weighted by molar-refractivity contribution is 5.81. The van der Waals surface area contributed by atoms with Gasteiger partial charge in [0.05, 0.1) is 19.8 Å². The van der Waals surface area contributed by atoms with Crippen LogP contribution in [0.15, 0.2) is 18.2 Å². The number of carbonyl (C=O) groups excluding carboxylic acids is 1. The second-order valence-electron chi connectivity index (χ2n) is 4.70. The summed E-state index contributed by atoms with van der Waals surface area (Å²) in [5.41, 5.74) is 2.21. The van der Waals surface area contributed by atoms with Crippen LogP contribution in [0.2, 0.25) is 0 Å². The van der Waals surface area contributed by atoms with Gasteiger partial charge in [-0.25, -0.2) is 0 Å². The molecule has 1 amide bonds. The Morgan fingerprint density at radius 3 is 2.75 bits per heavy atom. The van der Waals surface area contributed by atoms with Crippen LogP contribution in [0, 0.1) is 6.92 Å². The number of benzene rings is 1. The van der Waals surface area contributed by atoms with Crippen molar-refractivity contribution in [3.63, 3.8) is 0 Å². The zero-order chi connectivity index (χ0) is 15.0. The Bertz CT molecular complexity index is 435. The predicted molar refractivity (Wildman–Crippen MR) is 78.9 cm³/mol. The van der Waals surface area contributed by atoms with E-state index in [0.717, 1.165) is 11.3 Å². The summed E-state index contributed by atoms with van der Waals surface area (Å²) in [6, 6.07) is 5.73. The summed E-state index contributed by atoms with van der Waals surface area (Å²) in [7, 11) is 3.26. The first-order chi connectivity index (χ1) is 9.58. The summed E-state index contributed by atoms with van der Waals surface area (Å²) in [4.78, 5) is 11.8. The molecule has 0 spiro atoms. The fraction of sp³-hybridized carbons (Fsp3) is 0.533. The molecule has 0 fully saturated rings. The molecule has 1 atom stereocenters. The number of carbonyl (C=O) groups is 1. The Balaban J connectivity index is 2.49. The second-order valence-corrected chi connectivity index (χ2v) is 4.70. The topological polar surface area (TPSA) is 59.6 Å². The lowest BCUT2D eigenvalue weighted by Crippen LogP contribution is -2.42. The largest absolute Gasteiger partial charge is 0.496 e. The highest BCUT2D eigenvalue weighted by Gasteiger charge is 2.12. The molecule has 0 saturated heterocycles. The molecule has 2 N–H and O–H groups in total. The van der Waals surface area contributed by atoms with E-state index in [2.05, 4.69) is 16.7 Å². The van der Waals surface area contributed by atoms with Crippen LogP contribution in [0.1, 0.15) is 18.1 Å². The summed E-state index contributed by atoms with van der Waals surface area (Å²) in [6.45, 7) is 5.50. The molecule has 0 aromatic heterocycles. The molecule has 5 heteroatoms. The Kier molecular flexibility index (Phi) is 7.04. The minimum atomic E-state index is -0.267. The Labute approximate surface area is 120 Å². The van der Waals surface area contributed by atoms with E-state index < -0.39 is 0 Å². The lowest BCUT2D eigenvalue weighted by molar-refractivity contribution is -0.122. The van der Waals surface area contributed by atoms with Gasteiger partial charge in [0.15, 0.2) is 0 Å². The smallest absolute Gasteiger partial charge is 0.236 e. The van der Waals surface area contributed by atoms with E-state index in [1.165, 1.54) is 5.56 Å². The predicted octanol–water partition coefficient (Wildman–Crippen LogP) is 1.24. The minimum absolute atomic E-state index is 0.0336. The molecule has 1 aromatic rings. The molecule has 112 valence electrons. The average Bonchev–Trinajstić information content (AvgIpc) is 2.45. The molecular weight excluding hydrogens is 256 g/mol. The first kappa shape index (κ1) is 16.5. The molecule has 0 heterocycles. The van der Waals surface area contributed by atoms with Gasteiger partial charge >= 0.3 is 0 Å². The Hall–Kier alpha value is -1.59. The number of rotatable bonds is 8. The summed E-state index contributed by atoms with van der Waals surface area (Å²) >= 11 is 0. The van der Waals surface area contributed by atoms with Crippen LogP contribution in [-0.2, 0) is 16.1 Å². The zero-order valence-electron chi connectivity index (χ0n) is 12.7. The third-order valence-corrected chi connectivity index (χ3v) is 3.03. The first-order valence-electron chi connectivity index (χ1n) is 6.72. The van der Waals surface area contributed by atoms with E-state index >= 15 is 0 Å². The standard InChI is InChI=1S/C15H24N2O3/c1-11-5-6-14(20-4)13(9-11)10-17-12(2)15(18)16-7-8-19-3/h5-6,9,12,17H,7-8,10H2,1-4H3,(H,16,18). The molecule has 0 saturated carbocycles. The van der Waals surface area contributed by atoms with Crippen molar-refractivity contribution in [3.05, 3.63) is 29.3 Å². The van der Waals surface area contributed by atoms with Crippen molar-refractivity contribution >= 4 is 5.91 Å². The zero-order valence-corrected chi connectivity index (χ0v) is 12.7. The molecule has 0 bridgehead atoms. The third-order valence-electron chi connectivity index (χ3n) is 3.03. The monoisotopic (exact) mass is 280 g/mol. The first-order valence-corrected chi connectivity index (χ1v) is 6.72. The van der Waals surface area contributed by atoms with Crippen LogP contribution in [0.5, 0.6) is 5.75 Å². The van der Waals surface area contributed by atoms with Gasteiger partial charge in [0.25, 0.3) is 0 Å². The summed E-state index contributed by atoms with van der Waals surface area (Å²) < 4.78 is 10.2. The molecule has 20 heavy (non-hydrogen) atoms. The Morgan fingerprint density at radius 1 is 1.35 bits per heavy atom. The molecule has 1 aromatic carbocycles. The lowest BCUT2D eigenvalue weighted by atomic mass is 10.1. The van der Waals surface area contributed by atoms with E-state index in [0.29, 0.717) is 19.7 Å². The van der Waals surface area contributed by atoms with Gasteiger partial charge < -0.3 is 20.1 Å². The van der Waals surface area contributed by atoms with E-state index in [1.807, 2.05) is 26.0 Å². The van der Waals surface area contributed by atoms with Crippen molar-refractivity contribution in [1.29, 1.82) is 0 Å². The lowest BCUT2D eigenvalue weighted by Gasteiger charge is -2.15. The maximum Gasteiger partial charge on any atom is 0.236 e. The van der Waals surface area contributed by atoms with Crippen molar-refractivity contribution in [2.45, 2.75) is 26.4 Å². The SMILES string of the molecule is COCCNC(=O)C(C)NCc1cc(C)ccc1OC. The quantitative estimate of drug-likeness (QED) is 0.704. The summed E-state index contributed by atoms with van der Waals surface area (Å²) in [5.74, 6) is 0.795. The minimum Gasteiger partial charge on any atom is -0.496 e. The second kappa shape index (κ2) is 8.55. The number of aryl methyl sites for hydroxylation is 1. The van der Waals surface area contributed by atoms with Gasteiger partial charge in [0.2, 0.25) is 5.91 Å². The Morgan fingerprint density at radius 2 is 2.10 bits per heavy atom. The number of ether oxygens (including phenoxy) is 2. The van der Waals surface area contributed by atoms with Crippen LogP contribution in [-0.4, -0.2) is 39.3 Å². The van der Waals surface area contributed by atoms with E-state index in [9.17, 15) is 4.79 Å². The summed E-state index contributed by atoms with van der Waals surface area (Å²) in [6.07, 6.45) is 0. The molecule has 0 aliphatic heterocycles. The number of methoxy groups -OCH3 is 2. The van der Waals surface area contributed by atoms with Crippen molar-refractivity contribution in [3.8, 4) is 5.75 Å². The molecule has 1 unspecified atom stereocenters. The van der Waals surface area contributed by atoms with Gasteiger partial charge in [-0.2, -0.15) is 0 Å². The number of hydrogen-bond acceptors (Lipinski definition) is 4. The van der Waals surface area contributed by atoms with Crippen LogP contribution in [0.3, 0.4) is 0 Å². The molecular formula is C15H24N2O3. The summed E-state index contributed by atoms with van der Waals surface area (Å²) in [5, 5.41) is 6.00. The van der Waals surface area contributed by atoms with Gasteiger partial charge in [0.1, 0.15) is 5.75 Å². The highest BCUT2D eigenvalue weighted by Crippen LogP contribution is 2.19. The fourth-order valence-corrected chi connectivity index (χ4v) is 1.83. The number of amides is 1. The molecule has 0 aliphatic carbocycles. The number of hydrogen-bond donors (Lipinski definition) is 2. The number of nitrogens with one attached hydrogen (secondary N) is 2. The molecule has 1 rings (SSSR count). The van der Waals surface area contributed by atoms with Crippen LogP contribution >= 0.6 is 0 Å². The molecule has 0 aliphatic rings. The van der Waals surface area contributed by atoms with Gasteiger partial charge in [-0.3, -0.25) is 4.79 Å². The van der Waals surface area contributed by atoms with E-state index in [1.54, 1.807) is 14.2 Å². The van der Waals surface area contributed by atoms with Crippen molar-refractivity contribution < 1.29 is 14.3 Å². The van der Waals surface area contributed by atoms with E-state index in [4.69, 9.17) is 9.47 Å². The van der Waals surface area contributed by atoms with Gasteiger partial charge in [0, 0.05) is 25.8 Å². The van der Waals surface area contributed by atoms with Crippen LogP contribution in [0.25, 0.3) is 0 Å². The van der Waals surface area contributed by atoms with Gasteiger partial charge in [-0.15, -0.1) is 0 Å². The maximum absolute atomic E-state index is 11.8. The molecule has 0 radical (unpaired) electrons. The van der Waals surface area contributed by atoms with Crippen molar-refractivity contribution in [2.75, 3.05) is 27.4 Å². The van der Waals surface area contributed by atoms with Gasteiger partial charge in [-0.1, -0.05) is 17.7 Å². The fourth-order valence-electron chi connectivity index (χ4n) is 1.83.